The largest absolute Gasteiger partial charge is 0.384 e. The number of amides is 1. The number of rotatable bonds is 5. The van der Waals surface area contributed by atoms with Crippen LogP contribution in [0.4, 0.5) is 5.82 Å². The van der Waals surface area contributed by atoms with Gasteiger partial charge in [0.05, 0.1) is 17.1 Å². The van der Waals surface area contributed by atoms with Gasteiger partial charge in [0.25, 0.3) is 5.91 Å². The van der Waals surface area contributed by atoms with Crippen molar-refractivity contribution in [1.82, 2.24) is 30.0 Å². The van der Waals surface area contributed by atoms with E-state index in [2.05, 4.69) is 25.4 Å². The van der Waals surface area contributed by atoms with E-state index in [1.165, 1.54) is 0 Å². The van der Waals surface area contributed by atoms with E-state index in [0.717, 1.165) is 33.3 Å². The molecule has 0 radical (unpaired) electrons. The third-order valence-electron chi connectivity index (χ3n) is 5.10. The van der Waals surface area contributed by atoms with Crippen molar-refractivity contribution in [3.8, 4) is 0 Å². The number of nitrogens with zero attached hydrogens (tertiary/aromatic N) is 5. The standard InChI is InChI=1S/C22H22ClN7O/c1-12-6-20(24)27-13(2)18(12)10-26-22(31)21-28-14(3)30(29-21)11-15-4-5-19-16(7-15)8-17(23)9-25-19/h4-9H,10-11H2,1-3H3,(H2,24,27)(H,26,31). The maximum Gasteiger partial charge on any atom is 0.291 e. The maximum atomic E-state index is 12.6. The minimum absolute atomic E-state index is 0.127. The zero-order valence-electron chi connectivity index (χ0n) is 17.5. The Morgan fingerprint density at radius 2 is 1.97 bits per heavy atom. The molecule has 158 valence electrons. The minimum Gasteiger partial charge on any atom is -0.384 e. The number of fused-ring (bicyclic) bond motifs is 1. The average Bonchev–Trinajstić information content (AvgIpc) is 3.07. The Labute approximate surface area is 184 Å². The topological polar surface area (TPSA) is 112 Å². The first-order valence-corrected chi connectivity index (χ1v) is 10.1. The number of hydrogen-bond acceptors (Lipinski definition) is 6. The van der Waals surface area contributed by atoms with Crippen molar-refractivity contribution in [3.05, 3.63) is 75.6 Å². The second kappa shape index (κ2) is 8.31. The summed E-state index contributed by atoms with van der Waals surface area (Å²) in [5.74, 6) is 0.900. The summed E-state index contributed by atoms with van der Waals surface area (Å²) < 4.78 is 1.70. The molecule has 0 atom stereocenters. The first kappa shape index (κ1) is 20.7. The quantitative estimate of drug-likeness (QED) is 0.497. The van der Waals surface area contributed by atoms with E-state index < -0.39 is 0 Å². The number of carbonyl (C=O) groups is 1. The highest BCUT2D eigenvalue weighted by Gasteiger charge is 2.16. The van der Waals surface area contributed by atoms with Gasteiger partial charge in [0.15, 0.2) is 0 Å². The Balaban J connectivity index is 1.49. The summed E-state index contributed by atoms with van der Waals surface area (Å²) in [6.07, 6.45) is 1.62. The molecule has 8 nitrogen and oxygen atoms in total. The molecule has 1 amide bonds. The fourth-order valence-corrected chi connectivity index (χ4v) is 3.66. The molecule has 3 N–H and O–H groups in total. The van der Waals surface area contributed by atoms with Gasteiger partial charge in [0.2, 0.25) is 5.82 Å². The van der Waals surface area contributed by atoms with E-state index in [9.17, 15) is 4.79 Å². The van der Waals surface area contributed by atoms with Gasteiger partial charge in [-0.25, -0.2) is 14.6 Å². The number of pyridine rings is 2. The van der Waals surface area contributed by atoms with Crippen LogP contribution < -0.4 is 11.1 Å². The molecule has 0 aliphatic heterocycles. The SMILES string of the molecule is Cc1cc(N)nc(C)c1CNC(=O)c1nc(C)n(Cc2ccc3ncc(Cl)cc3c2)n1. The summed E-state index contributed by atoms with van der Waals surface area (Å²) in [5.41, 5.74) is 10.3. The molecule has 0 unspecified atom stereocenters. The lowest BCUT2D eigenvalue weighted by atomic mass is 10.1. The van der Waals surface area contributed by atoms with Crippen LogP contribution >= 0.6 is 11.6 Å². The first-order chi connectivity index (χ1) is 14.8. The van der Waals surface area contributed by atoms with Crippen molar-refractivity contribution in [2.24, 2.45) is 0 Å². The Bertz CT molecular complexity index is 1280. The van der Waals surface area contributed by atoms with Crippen molar-refractivity contribution in [2.75, 3.05) is 5.73 Å². The summed E-state index contributed by atoms with van der Waals surface area (Å²) in [5, 5.41) is 8.79. The summed E-state index contributed by atoms with van der Waals surface area (Å²) in [4.78, 5) is 25.5. The van der Waals surface area contributed by atoms with E-state index in [-0.39, 0.29) is 11.7 Å². The third-order valence-corrected chi connectivity index (χ3v) is 5.31. The Kier molecular flexibility index (Phi) is 5.56. The molecule has 4 aromatic rings. The van der Waals surface area contributed by atoms with Crippen molar-refractivity contribution in [1.29, 1.82) is 0 Å². The van der Waals surface area contributed by atoms with E-state index in [1.807, 2.05) is 45.0 Å². The molecule has 9 heteroatoms. The normalized spacial score (nSPS) is 11.1. The molecular weight excluding hydrogens is 414 g/mol. The smallest absolute Gasteiger partial charge is 0.291 e. The van der Waals surface area contributed by atoms with Gasteiger partial charge >= 0.3 is 0 Å². The van der Waals surface area contributed by atoms with Crippen LogP contribution in [0.3, 0.4) is 0 Å². The highest BCUT2D eigenvalue weighted by atomic mass is 35.5. The number of nitrogens with one attached hydrogen (secondary N) is 1. The van der Waals surface area contributed by atoms with Crippen molar-refractivity contribution in [2.45, 2.75) is 33.9 Å². The van der Waals surface area contributed by atoms with Gasteiger partial charge in [-0.15, -0.1) is 5.10 Å². The highest BCUT2D eigenvalue weighted by Crippen LogP contribution is 2.19. The number of benzene rings is 1. The number of aromatic nitrogens is 5. The van der Waals surface area contributed by atoms with Gasteiger partial charge in [-0.1, -0.05) is 17.7 Å². The molecule has 0 saturated heterocycles. The van der Waals surface area contributed by atoms with Crippen LogP contribution in [0, 0.1) is 20.8 Å². The monoisotopic (exact) mass is 435 g/mol. The maximum absolute atomic E-state index is 12.6. The van der Waals surface area contributed by atoms with Gasteiger partial charge < -0.3 is 11.1 Å². The fourth-order valence-electron chi connectivity index (χ4n) is 3.49. The van der Waals surface area contributed by atoms with Gasteiger partial charge in [-0.05, 0) is 61.7 Å². The lowest BCUT2D eigenvalue weighted by molar-refractivity contribution is 0.0940. The molecular formula is C22H22ClN7O. The Hall–Kier alpha value is -3.52. The number of halogens is 1. The first-order valence-electron chi connectivity index (χ1n) is 9.76. The average molecular weight is 436 g/mol. The highest BCUT2D eigenvalue weighted by molar-refractivity contribution is 6.31. The molecule has 0 aliphatic carbocycles. The molecule has 0 bridgehead atoms. The van der Waals surface area contributed by atoms with Crippen LogP contribution in [-0.4, -0.2) is 30.6 Å². The van der Waals surface area contributed by atoms with E-state index in [1.54, 1.807) is 16.9 Å². The minimum atomic E-state index is -0.341. The predicted molar refractivity (Wildman–Crippen MR) is 120 cm³/mol. The van der Waals surface area contributed by atoms with Crippen LogP contribution in [0.2, 0.25) is 5.02 Å². The third kappa shape index (κ3) is 4.49. The number of hydrogen-bond donors (Lipinski definition) is 2. The molecule has 0 saturated carbocycles. The van der Waals surface area contributed by atoms with E-state index >= 15 is 0 Å². The van der Waals surface area contributed by atoms with Crippen LogP contribution in [0.5, 0.6) is 0 Å². The zero-order chi connectivity index (χ0) is 22.1. The summed E-state index contributed by atoms with van der Waals surface area (Å²) in [6.45, 7) is 6.44. The molecule has 0 fully saturated rings. The second-order valence-corrected chi connectivity index (χ2v) is 7.87. The van der Waals surface area contributed by atoms with Crippen molar-refractivity contribution >= 4 is 34.2 Å². The zero-order valence-corrected chi connectivity index (χ0v) is 18.2. The van der Waals surface area contributed by atoms with Gasteiger partial charge in [0.1, 0.15) is 11.6 Å². The van der Waals surface area contributed by atoms with Crippen LogP contribution in [0.1, 0.15) is 38.8 Å². The van der Waals surface area contributed by atoms with Crippen LogP contribution in [-0.2, 0) is 13.1 Å². The summed E-state index contributed by atoms with van der Waals surface area (Å²) in [7, 11) is 0. The number of nitrogens with two attached hydrogens (primary N) is 1. The summed E-state index contributed by atoms with van der Waals surface area (Å²) >= 11 is 6.05. The van der Waals surface area contributed by atoms with Gasteiger partial charge in [-0.3, -0.25) is 9.78 Å². The molecule has 1 aromatic carbocycles. The number of aryl methyl sites for hydroxylation is 3. The van der Waals surface area contributed by atoms with Gasteiger partial charge in [-0.2, -0.15) is 0 Å². The lowest BCUT2D eigenvalue weighted by Gasteiger charge is -2.10. The molecule has 0 aliphatic rings. The Morgan fingerprint density at radius 3 is 2.74 bits per heavy atom. The lowest BCUT2D eigenvalue weighted by Crippen LogP contribution is -2.25. The fraction of sp³-hybridized carbons (Fsp3) is 0.227. The molecule has 3 heterocycles. The molecule has 31 heavy (non-hydrogen) atoms. The molecule has 4 rings (SSSR count). The number of nitrogen functional groups attached to an aromatic ring is 1. The molecule has 3 aromatic heterocycles. The second-order valence-electron chi connectivity index (χ2n) is 7.43. The number of carbonyl (C=O) groups excluding carboxylic acids is 1. The van der Waals surface area contributed by atoms with Crippen molar-refractivity contribution < 1.29 is 4.79 Å². The molecule has 0 spiro atoms. The van der Waals surface area contributed by atoms with Crippen LogP contribution in [0.15, 0.2) is 36.5 Å². The van der Waals surface area contributed by atoms with E-state index in [4.69, 9.17) is 17.3 Å². The Morgan fingerprint density at radius 1 is 1.16 bits per heavy atom. The predicted octanol–water partition coefficient (Wildman–Crippen LogP) is 3.36. The number of anilines is 1. The van der Waals surface area contributed by atoms with Crippen molar-refractivity contribution in [3.63, 3.8) is 0 Å². The summed E-state index contributed by atoms with van der Waals surface area (Å²) in [6, 6.07) is 9.58. The van der Waals surface area contributed by atoms with Crippen LogP contribution in [0.25, 0.3) is 10.9 Å². The van der Waals surface area contributed by atoms with E-state index in [0.29, 0.717) is 29.8 Å². The van der Waals surface area contributed by atoms with Gasteiger partial charge in [0, 0.05) is 23.8 Å².